The molecule has 0 radical (unpaired) electrons. The van der Waals surface area contributed by atoms with Crippen molar-refractivity contribution in [2.24, 2.45) is 0 Å². The molecular formula is C21H32N4O3. The van der Waals surface area contributed by atoms with Crippen LogP contribution in [0.5, 0.6) is 0 Å². The first-order chi connectivity index (χ1) is 13.4. The Balaban J connectivity index is 1.42. The molecule has 2 aliphatic heterocycles. The van der Waals surface area contributed by atoms with Crippen molar-refractivity contribution in [3.63, 3.8) is 0 Å². The Morgan fingerprint density at radius 3 is 2.46 bits per heavy atom. The number of hydrogen-bond acceptors (Lipinski definition) is 4. The van der Waals surface area contributed by atoms with Gasteiger partial charge < -0.3 is 20.3 Å². The van der Waals surface area contributed by atoms with Gasteiger partial charge in [0.05, 0.1) is 18.7 Å². The number of hydrogen-bond donors (Lipinski definition) is 2. The van der Waals surface area contributed by atoms with Crippen molar-refractivity contribution in [1.82, 2.24) is 15.1 Å². The van der Waals surface area contributed by atoms with E-state index in [-0.39, 0.29) is 24.1 Å². The third kappa shape index (κ3) is 5.23. The van der Waals surface area contributed by atoms with Crippen LogP contribution in [0, 0.1) is 13.8 Å². The summed E-state index contributed by atoms with van der Waals surface area (Å²) in [6, 6.07) is 5.97. The highest BCUT2D eigenvalue weighted by Gasteiger charge is 2.27. The molecule has 1 aromatic rings. The molecule has 2 atom stereocenters. The molecule has 2 heterocycles. The molecule has 7 nitrogen and oxygen atoms in total. The van der Waals surface area contributed by atoms with E-state index >= 15 is 0 Å². The molecule has 7 heteroatoms. The SMILES string of the molecule is Cc1cccc(C)c1NC(=O)CN1CCN(C(=O)NC(C)C2CCCO2)CC1. The van der Waals surface area contributed by atoms with E-state index in [9.17, 15) is 9.59 Å². The zero-order valence-electron chi connectivity index (χ0n) is 17.2. The Labute approximate surface area is 167 Å². The van der Waals surface area contributed by atoms with Crippen molar-refractivity contribution in [2.75, 3.05) is 44.6 Å². The standard InChI is InChI=1S/C21H32N4O3/c1-15-6-4-7-16(2)20(15)23-19(26)14-24-9-11-25(12-10-24)21(27)22-17(3)18-8-5-13-28-18/h4,6-7,17-18H,5,8-14H2,1-3H3,(H,22,27)(H,23,26). The van der Waals surface area contributed by atoms with Crippen LogP contribution in [0.1, 0.15) is 30.9 Å². The fraction of sp³-hybridized carbons (Fsp3) is 0.619. The first-order valence-electron chi connectivity index (χ1n) is 10.2. The van der Waals surface area contributed by atoms with E-state index in [1.165, 1.54) is 0 Å². The molecule has 0 bridgehead atoms. The van der Waals surface area contributed by atoms with E-state index in [1.807, 2.05) is 43.9 Å². The monoisotopic (exact) mass is 388 g/mol. The van der Waals surface area contributed by atoms with Gasteiger partial charge in [-0.25, -0.2) is 4.79 Å². The lowest BCUT2D eigenvalue weighted by atomic mass is 10.1. The van der Waals surface area contributed by atoms with Gasteiger partial charge in [0, 0.05) is 38.5 Å². The fourth-order valence-corrected chi connectivity index (χ4v) is 3.88. The molecule has 3 rings (SSSR count). The quantitative estimate of drug-likeness (QED) is 0.811. The molecule has 2 aliphatic rings. The van der Waals surface area contributed by atoms with Gasteiger partial charge in [0.25, 0.3) is 0 Å². The van der Waals surface area contributed by atoms with Crippen LogP contribution in [0.3, 0.4) is 0 Å². The van der Waals surface area contributed by atoms with Crippen LogP contribution in [0.4, 0.5) is 10.5 Å². The summed E-state index contributed by atoms with van der Waals surface area (Å²) >= 11 is 0. The highest BCUT2D eigenvalue weighted by molar-refractivity contribution is 5.93. The van der Waals surface area contributed by atoms with Crippen molar-refractivity contribution < 1.29 is 14.3 Å². The number of benzene rings is 1. The molecule has 2 fully saturated rings. The van der Waals surface area contributed by atoms with E-state index in [4.69, 9.17) is 4.74 Å². The number of anilines is 1. The number of nitrogens with zero attached hydrogens (tertiary/aromatic N) is 2. The molecule has 0 spiro atoms. The predicted molar refractivity (Wildman–Crippen MR) is 110 cm³/mol. The van der Waals surface area contributed by atoms with Crippen LogP contribution in [-0.2, 0) is 9.53 Å². The molecule has 0 aromatic heterocycles. The van der Waals surface area contributed by atoms with Crippen LogP contribution in [0.15, 0.2) is 18.2 Å². The van der Waals surface area contributed by atoms with Gasteiger partial charge in [0.1, 0.15) is 0 Å². The van der Waals surface area contributed by atoms with Crippen LogP contribution in [0.2, 0.25) is 0 Å². The van der Waals surface area contributed by atoms with E-state index < -0.39 is 0 Å². The van der Waals surface area contributed by atoms with Crippen molar-refractivity contribution in [2.45, 2.75) is 45.8 Å². The van der Waals surface area contributed by atoms with E-state index in [2.05, 4.69) is 15.5 Å². The van der Waals surface area contributed by atoms with E-state index in [0.717, 1.165) is 36.3 Å². The third-order valence-corrected chi connectivity index (χ3v) is 5.65. The van der Waals surface area contributed by atoms with E-state index in [1.54, 1.807) is 0 Å². The number of urea groups is 1. The average Bonchev–Trinajstić information content (AvgIpc) is 3.20. The minimum atomic E-state index is -0.0392. The maximum atomic E-state index is 12.5. The highest BCUT2D eigenvalue weighted by atomic mass is 16.5. The Morgan fingerprint density at radius 1 is 1.18 bits per heavy atom. The minimum Gasteiger partial charge on any atom is -0.376 e. The lowest BCUT2D eigenvalue weighted by molar-refractivity contribution is -0.117. The van der Waals surface area contributed by atoms with Gasteiger partial charge in [-0.3, -0.25) is 9.69 Å². The lowest BCUT2D eigenvalue weighted by Crippen LogP contribution is -2.55. The number of piperazine rings is 1. The van der Waals surface area contributed by atoms with Gasteiger partial charge in [-0.05, 0) is 44.7 Å². The average molecular weight is 389 g/mol. The molecule has 1 aromatic carbocycles. The van der Waals surface area contributed by atoms with Gasteiger partial charge in [-0.2, -0.15) is 0 Å². The van der Waals surface area contributed by atoms with Gasteiger partial charge in [-0.1, -0.05) is 18.2 Å². The summed E-state index contributed by atoms with van der Waals surface area (Å²) in [4.78, 5) is 28.8. The number of aryl methyl sites for hydroxylation is 2. The third-order valence-electron chi connectivity index (χ3n) is 5.65. The Kier molecular flexibility index (Phi) is 6.91. The van der Waals surface area contributed by atoms with E-state index in [0.29, 0.717) is 32.7 Å². The topological polar surface area (TPSA) is 73.9 Å². The smallest absolute Gasteiger partial charge is 0.317 e. The highest BCUT2D eigenvalue weighted by Crippen LogP contribution is 2.19. The summed E-state index contributed by atoms with van der Waals surface area (Å²) < 4.78 is 5.64. The summed E-state index contributed by atoms with van der Waals surface area (Å²) in [7, 11) is 0. The zero-order chi connectivity index (χ0) is 20.1. The molecule has 2 saturated heterocycles. The Bertz CT molecular complexity index is 675. The molecule has 3 amide bonds. The number of amides is 3. The molecule has 28 heavy (non-hydrogen) atoms. The maximum absolute atomic E-state index is 12.5. The second-order valence-electron chi connectivity index (χ2n) is 7.87. The Hall–Kier alpha value is -2.12. The first kappa shape index (κ1) is 20.6. The fourth-order valence-electron chi connectivity index (χ4n) is 3.88. The molecule has 0 aliphatic carbocycles. The largest absolute Gasteiger partial charge is 0.376 e. The van der Waals surface area contributed by atoms with Gasteiger partial charge in [0.15, 0.2) is 0 Å². The van der Waals surface area contributed by atoms with Crippen LogP contribution in [-0.4, -0.2) is 73.2 Å². The maximum Gasteiger partial charge on any atom is 0.317 e. The molecule has 2 unspecified atom stereocenters. The second kappa shape index (κ2) is 9.39. The lowest BCUT2D eigenvalue weighted by Gasteiger charge is -2.35. The predicted octanol–water partition coefficient (Wildman–Crippen LogP) is 2.14. The minimum absolute atomic E-state index is 0.0118. The van der Waals surface area contributed by atoms with Gasteiger partial charge in [0.2, 0.25) is 5.91 Å². The van der Waals surface area contributed by atoms with Crippen LogP contribution < -0.4 is 10.6 Å². The normalized spacial score (nSPS) is 21.4. The van der Waals surface area contributed by atoms with Gasteiger partial charge >= 0.3 is 6.03 Å². The number of rotatable bonds is 5. The van der Waals surface area contributed by atoms with Crippen molar-refractivity contribution >= 4 is 17.6 Å². The van der Waals surface area contributed by atoms with Crippen molar-refractivity contribution in [3.05, 3.63) is 29.3 Å². The second-order valence-corrected chi connectivity index (χ2v) is 7.87. The number of carbonyl (C=O) groups excluding carboxylic acids is 2. The molecule has 0 saturated carbocycles. The summed E-state index contributed by atoms with van der Waals surface area (Å²) in [5, 5.41) is 6.09. The number of para-hydroxylation sites is 1. The van der Waals surface area contributed by atoms with Crippen molar-refractivity contribution in [3.8, 4) is 0 Å². The molecule has 154 valence electrons. The number of carbonyl (C=O) groups is 2. The van der Waals surface area contributed by atoms with Crippen molar-refractivity contribution in [1.29, 1.82) is 0 Å². The molecular weight excluding hydrogens is 356 g/mol. The van der Waals surface area contributed by atoms with Gasteiger partial charge in [-0.15, -0.1) is 0 Å². The van der Waals surface area contributed by atoms with Crippen LogP contribution >= 0.6 is 0 Å². The summed E-state index contributed by atoms with van der Waals surface area (Å²) in [6.45, 7) is 9.77. The zero-order valence-corrected chi connectivity index (χ0v) is 17.2. The summed E-state index contributed by atoms with van der Waals surface area (Å²) in [5.74, 6) is -0.0118. The Morgan fingerprint density at radius 2 is 1.86 bits per heavy atom. The summed E-state index contributed by atoms with van der Waals surface area (Å²) in [5.41, 5.74) is 3.03. The van der Waals surface area contributed by atoms with Crippen LogP contribution in [0.25, 0.3) is 0 Å². The number of ether oxygens (including phenoxy) is 1. The summed E-state index contributed by atoms with van der Waals surface area (Å²) in [6.07, 6.45) is 2.19. The molecule has 2 N–H and O–H groups in total. The first-order valence-corrected chi connectivity index (χ1v) is 10.2. The number of nitrogens with one attached hydrogen (secondary N) is 2.